The lowest BCUT2D eigenvalue weighted by Crippen LogP contribution is -2.46. The minimum absolute atomic E-state index is 0.0526. The van der Waals surface area contributed by atoms with Crippen molar-refractivity contribution < 1.29 is 24.5 Å². The Labute approximate surface area is 397 Å². The second-order valence-electron chi connectivity index (χ2n) is 19.0. The molecule has 6 heteroatoms. The van der Waals surface area contributed by atoms with Gasteiger partial charge in [0.05, 0.1) is 25.2 Å². The lowest BCUT2D eigenvalue weighted by atomic mass is 10.0. The Balaban J connectivity index is 4.59. The molecule has 0 bridgehead atoms. The van der Waals surface area contributed by atoms with Crippen LogP contribution >= 0.6 is 0 Å². The van der Waals surface area contributed by atoms with Gasteiger partial charge in [0.25, 0.3) is 0 Å². The normalized spacial score (nSPS) is 13.5. The topological polar surface area (TPSA) is 95.9 Å². The van der Waals surface area contributed by atoms with Crippen molar-refractivity contribution in [1.29, 1.82) is 0 Å². The van der Waals surface area contributed by atoms with Gasteiger partial charge in [0.15, 0.2) is 0 Å². The molecule has 0 fully saturated rings. The number of aliphatic hydroxyl groups is 2. The van der Waals surface area contributed by atoms with Gasteiger partial charge in [0.1, 0.15) is 6.10 Å². The molecule has 0 aliphatic rings. The third-order valence-electron chi connectivity index (χ3n) is 12.7. The molecule has 0 aromatic rings. The maximum Gasteiger partial charge on any atom is 0.306 e. The summed E-state index contributed by atoms with van der Waals surface area (Å²) in [7, 11) is 0. The third-order valence-corrected chi connectivity index (χ3v) is 12.7. The molecule has 374 valence electrons. The smallest absolute Gasteiger partial charge is 0.306 e. The molecular formula is C58H107NO5. The van der Waals surface area contributed by atoms with Crippen LogP contribution in [0, 0.1) is 0 Å². The highest BCUT2D eigenvalue weighted by molar-refractivity contribution is 5.77. The summed E-state index contributed by atoms with van der Waals surface area (Å²) >= 11 is 0. The molecule has 0 aliphatic heterocycles. The van der Waals surface area contributed by atoms with Gasteiger partial charge < -0.3 is 20.3 Å². The largest absolute Gasteiger partial charge is 0.462 e. The number of carbonyl (C=O) groups is 2. The van der Waals surface area contributed by atoms with E-state index in [1.54, 1.807) is 0 Å². The predicted octanol–water partition coefficient (Wildman–Crippen LogP) is 17.0. The summed E-state index contributed by atoms with van der Waals surface area (Å²) in [4.78, 5) is 26.2. The Bertz CT molecular complexity index is 1100. The van der Waals surface area contributed by atoms with Crippen molar-refractivity contribution in [3.8, 4) is 0 Å². The van der Waals surface area contributed by atoms with Crippen LogP contribution in [0.25, 0.3) is 0 Å². The first-order valence-electron chi connectivity index (χ1n) is 27.9. The Morgan fingerprint density at radius 1 is 0.453 bits per heavy atom. The summed E-state index contributed by atoms with van der Waals surface area (Å²) in [5, 5.41) is 23.9. The molecule has 0 aromatic heterocycles. The zero-order valence-corrected chi connectivity index (χ0v) is 42.7. The molecule has 64 heavy (non-hydrogen) atoms. The first kappa shape index (κ1) is 61.8. The SMILES string of the molecule is CCCCC/C=C\CCCCCCCC(=O)OC(CCCCC/C=C/C=C/C=C/CCCCCCC)CC(=O)NC(CO)C(O)CCCCCCCCCCCCCCCCCCC. The maximum absolute atomic E-state index is 13.2. The fourth-order valence-corrected chi connectivity index (χ4v) is 8.43. The summed E-state index contributed by atoms with van der Waals surface area (Å²) < 4.78 is 5.92. The molecular weight excluding hydrogens is 791 g/mol. The van der Waals surface area contributed by atoms with Gasteiger partial charge in [-0.3, -0.25) is 9.59 Å². The van der Waals surface area contributed by atoms with E-state index in [1.807, 2.05) is 0 Å². The van der Waals surface area contributed by atoms with Crippen molar-refractivity contribution >= 4 is 11.9 Å². The number of amides is 1. The highest BCUT2D eigenvalue weighted by Gasteiger charge is 2.24. The summed E-state index contributed by atoms with van der Waals surface area (Å²) in [6, 6.07) is -0.715. The zero-order chi connectivity index (χ0) is 46.7. The van der Waals surface area contributed by atoms with Crippen LogP contribution in [0.2, 0.25) is 0 Å². The van der Waals surface area contributed by atoms with Crippen LogP contribution in [0.4, 0.5) is 0 Å². The molecule has 0 rings (SSSR count). The van der Waals surface area contributed by atoms with Crippen molar-refractivity contribution in [2.75, 3.05) is 6.61 Å². The molecule has 0 saturated heterocycles. The fourth-order valence-electron chi connectivity index (χ4n) is 8.43. The average Bonchev–Trinajstić information content (AvgIpc) is 3.29. The van der Waals surface area contributed by atoms with Gasteiger partial charge in [-0.05, 0) is 77.0 Å². The van der Waals surface area contributed by atoms with E-state index < -0.39 is 18.2 Å². The number of rotatable bonds is 50. The number of unbranched alkanes of at least 4 members (excludes halogenated alkanes) is 32. The molecule has 3 N–H and O–H groups in total. The molecule has 0 radical (unpaired) electrons. The van der Waals surface area contributed by atoms with E-state index in [-0.39, 0.29) is 24.9 Å². The minimum Gasteiger partial charge on any atom is -0.462 e. The van der Waals surface area contributed by atoms with E-state index in [4.69, 9.17) is 4.74 Å². The van der Waals surface area contributed by atoms with Gasteiger partial charge in [-0.1, -0.05) is 243 Å². The van der Waals surface area contributed by atoms with Crippen molar-refractivity contribution in [3.05, 3.63) is 48.6 Å². The van der Waals surface area contributed by atoms with E-state index in [0.717, 1.165) is 77.0 Å². The van der Waals surface area contributed by atoms with E-state index in [9.17, 15) is 19.8 Å². The zero-order valence-electron chi connectivity index (χ0n) is 42.7. The van der Waals surface area contributed by atoms with Crippen molar-refractivity contribution in [2.24, 2.45) is 0 Å². The number of hydrogen-bond donors (Lipinski definition) is 3. The Morgan fingerprint density at radius 2 is 0.812 bits per heavy atom. The molecule has 1 amide bonds. The van der Waals surface area contributed by atoms with E-state index in [2.05, 4.69) is 74.7 Å². The quantitative estimate of drug-likeness (QED) is 0.0245. The monoisotopic (exact) mass is 898 g/mol. The minimum atomic E-state index is -0.799. The van der Waals surface area contributed by atoms with Gasteiger partial charge in [-0.15, -0.1) is 0 Å². The lowest BCUT2D eigenvalue weighted by molar-refractivity contribution is -0.151. The van der Waals surface area contributed by atoms with Crippen LogP contribution in [-0.2, 0) is 14.3 Å². The second kappa shape index (κ2) is 51.8. The summed E-state index contributed by atoms with van der Waals surface area (Å²) in [6.07, 6.45) is 63.1. The number of ether oxygens (including phenoxy) is 1. The summed E-state index contributed by atoms with van der Waals surface area (Å²) in [6.45, 7) is 6.45. The first-order valence-corrected chi connectivity index (χ1v) is 27.9. The summed E-state index contributed by atoms with van der Waals surface area (Å²) in [5.74, 6) is -0.511. The van der Waals surface area contributed by atoms with Gasteiger partial charge in [0, 0.05) is 6.42 Å². The van der Waals surface area contributed by atoms with Gasteiger partial charge in [0.2, 0.25) is 5.91 Å². The molecule has 0 heterocycles. The van der Waals surface area contributed by atoms with Crippen LogP contribution in [0.5, 0.6) is 0 Å². The number of carbonyl (C=O) groups excluding carboxylic acids is 2. The Kier molecular flexibility index (Phi) is 50.0. The molecule has 3 unspecified atom stereocenters. The van der Waals surface area contributed by atoms with Crippen LogP contribution in [0.1, 0.15) is 284 Å². The number of aliphatic hydroxyl groups excluding tert-OH is 2. The van der Waals surface area contributed by atoms with Gasteiger partial charge in [-0.25, -0.2) is 0 Å². The summed E-state index contributed by atoms with van der Waals surface area (Å²) in [5.41, 5.74) is 0. The van der Waals surface area contributed by atoms with Crippen molar-refractivity contribution in [2.45, 2.75) is 302 Å². The van der Waals surface area contributed by atoms with Crippen LogP contribution in [0.3, 0.4) is 0 Å². The Hall–Kier alpha value is -2.18. The third kappa shape index (κ3) is 46.4. The van der Waals surface area contributed by atoms with E-state index in [1.165, 1.54) is 161 Å². The second-order valence-corrected chi connectivity index (χ2v) is 19.0. The molecule has 0 spiro atoms. The van der Waals surface area contributed by atoms with Gasteiger partial charge in [-0.2, -0.15) is 0 Å². The lowest BCUT2D eigenvalue weighted by Gasteiger charge is -2.24. The molecule has 0 aromatic carbocycles. The maximum atomic E-state index is 13.2. The highest BCUT2D eigenvalue weighted by atomic mass is 16.5. The number of esters is 1. The molecule has 3 atom stereocenters. The van der Waals surface area contributed by atoms with Crippen LogP contribution in [-0.4, -0.2) is 46.9 Å². The van der Waals surface area contributed by atoms with Crippen molar-refractivity contribution in [3.63, 3.8) is 0 Å². The van der Waals surface area contributed by atoms with E-state index >= 15 is 0 Å². The predicted molar refractivity (Wildman–Crippen MR) is 278 cm³/mol. The standard InChI is InChI=1S/C58H107NO5/c1-4-7-10-13-16-19-22-25-27-29-31-33-35-38-41-44-47-50-56(61)55(53-60)59-57(62)52-54(64-58(63)51-48-45-42-39-36-24-21-18-15-12-9-6-3)49-46-43-40-37-34-32-30-28-26-23-20-17-14-11-8-5-2/h18,21,23,26,28,30,32,34,54-56,60-61H,4-17,19-20,22,24-25,27,29,31,33,35-53H2,1-3H3,(H,59,62)/b21-18-,26-23+,30-28+,34-32+. The van der Waals surface area contributed by atoms with Gasteiger partial charge >= 0.3 is 5.97 Å². The van der Waals surface area contributed by atoms with Crippen molar-refractivity contribution in [1.82, 2.24) is 5.32 Å². The Morgan fingerprint density at radius 3 is 1.28 bits per heavy atom. The fraction of sp³-hybridized carbons (Fsp3) is 0.828. The first-order chi connectivity index (χ1) is 31.5. The molecule has 0 aliphatic carbocycles. The number of nitrogens with one attached hydrogen (secondary N) is 1. The number of hydrogen-bond acceptors (Lipinski definition) is 5. The average molecular weight is 898 g/mol. The van der Waals surface area contributed by atoms with E-state index in [0.29, 0.717) is 19.3 Å². The highest BCUT2D eigenvalue weighted by Crippen LogP contribution is 2.18. The van der Waals surface area contributed by atoms with Crippen LogP contribution in [0.15, 0.2) is 48.6 Å². The molecule has 6 nitrogen and oxygen atoms in total. The molecule has 0 saturated carbocycles. The van der Waals surface area contributed by atoms with Crippen LogP contribution < -0.4 is 5.32 Å². The number of allylic oxidation sites excluding steroid dienone is 8.